The highest BCUT2D eigenvalue weighted by molar-refractivity contribution is 6.31. The standard InChI is InChI=1S/C19H25ClN2O2/c1-5-6-7-8-17-14(3)21-22(15(17)4)19(23)12-24-16-9-10-18(20)13(2)11-16/h9-11H,5-8,12H2,1-4H3. The molecule has 0 N–H and O–H groups in total. The van der Waals surface area contributed by atoms with Crippen molar-refractivity contribution in [1.82, 2.24) is 9.78 Å². The van der Waals surface area contributed by atoms with Crippen molar-refractivity contribution in [2.75, 3.05) is 6.61 Å². The van der Waals surface area contributed by atoms with E-state index in [0.29, 0.717) is 10.8 Å². The van der Waals surface area contributed by atoms with Gasteiger partial charge < -0.3 is 4.74 Å². The van der Waals surface area contributed by atoms with Crippen LogP contribution in [0.4, 0.5) is 0 Å². The maximum absolute atomic E-state index is 12.4. The third kappa shape index (κ3) is 4.38. The summed E-state index contributed by atoms with van der Waals surface area (Å²) < 4.78 is 7.06. The maximum Gasteiger partial charge on any atom is 0.284 e. The molecule has 0 aliphatic carbocycles. The van der Waals surface area contributed by atoms with E-state index in [1.54, 1.807) is 12.1 Å². The second kappa shape index (κ2) is 8.34. The third-order valence-electron chi connectivity index (χ3n) is 4.20. The average molecular weight is 349 g/mol. The molecule has 4 nitrogen and oxygen atoms in total. The van der Waals surface area contributed by atoms with Crippen LogP contribution in [0.5, 0.6) is 5.75 Å². The summed E-state index contributed by atoms with van der Waals surface area (Å²) in [6, 6.07) is 5.36. The molecule has 0 aliphatic rings. The first-order valence-corrected chi connectivity index (χ1v) is 8.79. The van der Waals surface area contributed by atoms with E-state index in [9.17, 15) is 4.79 Å². The number of nitrogens with zero attached hydrogens (tertiary/aromatic N) is 2. The van der Waals surface area contributed by atoms with Gasteiger partial charge in [0.05, 0.1) is 5.69 Å². The van der Waals surface area contributed by atoms with Gasteiger partial charge >= 0.3 is 0 Å². The summed E-state index contributed by atoms with van der Waals surface area (Å²) in [7, 11) is 0. The van der Waals surface area contributed by atoms with Crippen molar-refractivity contribution in [3.05, 3.63) is 45.7 Å². The van der Waals surface area contributed by atoms with E-state index in [4.69, 9.17) is 16.3 Å². The molecule has 24 heavy (non-hydrogen) atoms. The fraction of sp³-hybridized carbons (Fsp3) is 0.474. The SMILES string of the molecule is CCCCCc1c(C)nn(C(=O)COc2ccc(Cl)c(C)c2)c1C. The Kier molecular flexibility index (Phi) is 6.44. The number of aryl methyl sites for hydroxylation is 2. The number of aromatic nitrogens is 2. The lowest BCUT2D eigenvalue weighted by Gasteiger charge is -2.08. The minimum Gasteiger partial charge on any atom is -0.484 e. The lowest BCUT2D eigenvalue weighted by Crippen LogP contribution is -2.21. The minimum atomic E-state index is -0.162. The van der Waals surface area contributed by atoms with Crippen LogP contribution in [0.1, 0.15) is 53.5 Å². The van der Waals surface area contributed by atoms with Crippen molar-refractivity contribution in [2.45, 2.75) is 53.4 Å². The van der Waals surface area contributed by atoms with Crippen LogP contribution in [0.2, 0.25) is 5.02 Å². The van der Waals surface area contributed by atoms with E-state index >= 15 is 0 Å². The molecule has 0 spiro atoms. The Labute approximate surface area is 148 Å². The van der Waals surface area contributed by atoms with Gasteiger partial charge in [0.25, 0.3) is 5.91 Å². The zero-order valence-electron chi connectivity index (χ0n) is 14.9. The monoisotopic (exact) mass is 348 g/mol. The fourth-order valence-corrected chi connectivity index (χ4v) is 2.86. The molecular formula is C19H25ClN2O2. The van der Waals surface area contributed by atoms with Crippen molar-refractivity contribution < 1.29 is 9.53 Å². The molecule has 2 rings (SSSR count). The molecule has 1 aromatic heterocycles. The van der Waals surface area contributed by atoms with E-state index in [2.05, 4.69) is 12.0 Å². The molecule has 130 valence electrons. The summed E-state index contributed by atoms with van der Waals surface area (Å²) in [6.45, 7) is 7.95. The van der Waals surface area contributed by atoms with Gasteiger partial charge in [-0.3, -0.25) is 4.79 Å². The van der Waals surface area contributed by atoms with E-state index in [0.717, 1.165) is 29.8 Å². The number of carbonyl (C=O) groups excluding carboxylic acids is 1. The highest BCUT2D eigenvalue weighted by Gasteiger charge is 2.16. The number of rotatable bonds is 7. The minimum absolute atomic E-state index is 0.0442. The first-order valence-electron chi connectivity index (χ1n) is 8.41. The topological polar surface area (TPSA) is 44.1 Å². The van der Waals surface area contributed by atoms with Crippen molar-refractivity contribution in [3.63, 3.8) is 0 Å². The van der Waals surface area contributed by atoms with Crippen LogP contribution in [0.15, 0.2) is 18.2 Å². The van der Waals surface area contributed by atoms with Crippen molar-refractivity contribution >= 4 is 17.5 Å². The zero-order valence-corrected chi connectivity index (χ0v) is 15.6. The summed E-state index contributed by atoms with van der Waals surface area (Å²) in [4.78, 5) is 12.4. The number of ether oxygens (including phenoxy) is 1. The molecule has 2 aromatic rings. The number of halogens is 1. The van der Waals surface area contributed by atoms with Gasteiger partial charge in [0.1, 0.15) is 5.75 Å². The Morgan fingerprint density at radius 3 is 2.67 bits per heavy atom. The Morgan fingerprint density at radius 2 is 2.00 bits per heavy atom. The molecule has 5 heteroatoms. The predicted octanol–water partition coefficient (Wildman–Crippen LogP) is 4.91. The normalized spacial score (nSPS) is 10.9. The van der Waals surface area contributed by atoms with Gasteiger partial charge in [-0.05, 0) is 62.9 Å². The summed E-state index contributed by atoms with van der Waals surface area (Å²) >= 11 is 6.00. The number of benzene rings is 1. The Hall–Kier alpha value is -1.81. The first kappa shape index (κ1) is 18.5. The molecule has 0 amide bonds. The van der Waals surface area contributed by atoms with Crippen molar-refractivity contribution in [3.8, 4) is 5.75 Å². The summed E-state index contributed by atoms with van der Waals surface area (Å²) in [5.41, 5.74) is 3.95. The van der Waals surface area contributed by atoms with Crippen LogP contribution in [0.3, 0.4) is 0 Å². The Morgan fingerprint density at radius 1 is 1.25 bits per heavy atom. The van der Waals surface area contributed by atoms with Crippen LogP contribution >= 0.6 is 11.6 Å². The fourth-order valence-electron chi connectivity index (χ4n) is 2.74. The quantitative estimate of drug-likeness (QED) is 0.667. The molecule has 0 atom stereocenters. The molecule has 0 radical (unpaired) electrons. The molecule has 0 aliphatic heterocycles. The highest BCUT2D eigenvalue weighted by Crippen LogP contribution is 2.21. The van der Waals surface area contributed by atoms with Crippen LogP contribution in [0.25, 0.3) is 0 Å². The van der Waals surface area contributed by atoms with Gasteiger partial charge in [-0.25, -0.2) is 4.68 Å². The molecule has 0 unspecified atom stereocenters. The summed E-state index contributed by atoms with van der Waals surface area (Å²) in [6.07, 6.45) is 4.46. The smallest absolute Gasteiger partial charge is 0.284 e. The van der Waals surface area contributed by atoms with Gasteiger partial charge in [-0.1, -0.05) is 31.4 Å². The number of unbranched alkanes of at least 4 members (excludes halogenated alkanes) is 2. The van der Waals surface area contributed by atoms with Crippen LogP contribution < -0.4 is 4.74 Å². The van der Waals surface area contributed by atoms with E-state index < -0.39 is 0 Å². The van der Waals surface area contributed by atoms with Gasteiger partial charge in [0.2, 0.25) is 0 Å². The van der Waals surface area contributed by atoms with E-state index in [-0.39, 0.29) is 12.5 Å². The molecule has 0 bridgehead atoms. The molecule has 0 saturated heterocycles. The van der Waals surface area contributed by atoms with E-state index in [1.165, 1.54) is 23.1 Å². The summed E-state index contributed by atoms with van der Waals surface area (Å²) in [5, 5.41) is 5.08. The molecule has 1 aromatic carbocycles. The lowest BCUT2D eigenvalue weighted by atomic mass is 10.1. The van der Waals surface area contributed by atoms with Crippen molar-refractivity contribution in [1.29, 1.82) is 0 Å². The lowest BCUT2D eigenvalue weighted by molar-refractivity contribution is 0.0818. The number of carbonyl (C=O) groups is 1. The Bertz CT molecular complexity index is 722. The summed E-state index contributed by atoms with van der Waals surface area (Å²) in [5.74, 6) is 0.472. The van der Waals surface area contributed by atoms with E-state index in [1.807, 2.05) is 26.8 Å². The molecular weight excluding hydrogens is 324 g/mol. The largest absolute Gasteiger partial charge is 0.484 e. The van der Waals surface area contributed by atoms with Crippen LogP contribution in [-0.4, -0.2) is 22.3 Å². The molecule has 1 heterocycles. The zero-order chi connectivity index (χ0) is 17.7. The van der Waals surface area contributed by atoms with Gasteiger partial charge in [-0.2, -0.15) is 5.10 Å². The second-order valence-electron chi connectivity index (χ2n) is 6.11. The maximum atomic E-state index is 12.4. The highest BCUT2D eigenvalue weighted by atomic mass is 35.5. The second-order valence-corrected chi connectivity index (χ2v) is 6.52. The molecule has 0 fully saturated rings. The van der Waals surface area contributed by atoms with Gasteiger partial charge in [-0.15, -0.1) is 0 Å². The van der Waals surface area contributed by atoms with Crippen molar-refractivity contribution in [2.24, 2.45) is 0 Å². The van der Waals surface area contributed by atoms with Crippen LogP contribution in [0, 0.1) is 20.8 Å². The predicted molar refractivity (Wildman–Crippen MR) is 97.2 cm³/mol. The molecule has 0 saturated carbocycles. The average Bonchev–Trinajstić information content (AvgIpc) is 2.84. The Balaban J connectivity index is 2.04. The third-order valence-corrected chi connectivity index (χ3v) is 4.62. The van der Waals surface area contributed by atoms with Gasteiger partial charge in [0, 0.05) is 10.7 Å². The number of hydrogen-bond acceptors (Lipinski definition) is 3. The first-order chi connectivity index (χ1) is 11.4. The van der Waals surface area contributed by atoms with Gasteiger partial charge in [0.15, 0.2) is 6.61 Å². The van der Waals surface area contributed by atoms with Crippen LogP contribution in [-0.2, 0) is 6.42 Å². The number of hydrogen-bond donors (Lipinski definition) is 0.